The lowest BCUT2D eigenvalue weighted by atomic mass is 9.94. The van der Waals surface area contributed by atoms with Crippen molar-refractivity contribution < 1.29 is 9.84 Å². The minimum absolute atomic E-state index is 0.165. The molecule has 0 bridgehead atoms. The van der Waals surface area contributed by atoms with Crippen molar-refractivity contribution in [3.8, 4) is 12.3 Å². The van der Waals surface area contributed by atoms with Gasteiger partial charge >= 0.3 is 0 Å². The number of hydrogen-bond donors (Lipinski definition) is 1. The fraction of sp³-hybridized carbons (Fsp3) is 0.778. The molecule has 1 fully saturated rings. The van der Waals surface area contributed by atoms with Crippen LogP contribution in [0.15, 0.2) is 0 Å². The third-order valence-corrected chi connectivity index (χ3v) is 2.26. The molecule has 3 unspecified atom stereocenters. The van der Waals surface area contributed by atoms with Crippen molar-refractivity contribution >= 4 is 0 Å². The van der Waals surface area contributed by atoms with Gasteiger partial charge in [0.05, 0.1) is 12.2 Å². The summed E-state index contributed by atoms with van der Waals surface area (Å²) in [5, 5.41) is 9.50. The van der Waals surface area contributed by atoms with E-state index in [9.17, 15) is 5.11 Å². The van der Waals surface area contributed by atoms with Crippen LogP contribution in [-0.4, -0.2) is 23.9 Å². The molecule has 1 N–H and O–H groups in total. The van der Waals surface area contributed by atoms with E-state index in [-0.39, 0.29) is 18.1 Å². The molecule has 62 valence electrons. The van der Waals surface area contributed by atoms with Crippen LogP contribution in [-0.2, 0) is 4.74 Å². The first kappa shape index (κ1) is 8.58. The van der Waals surface area contributed by atoms with Gasteiger partial charge in [0, 0.05) is 18.9 Å². The molecule has 0 saturated carbocycles. The smallest absolute Gasteiger partial charge is 0.0702 e. The average molecular weight is 154 g/mol. The Balaban J connectivity index is 2.40. The van der Waals surface area contributed by atoms with Crippen molar-refractivity contribution in [2.24, 2.45) is 5.92 Å². The Morgan fingerprint density at radius 3 is 3.00 bits per heavy atom. The summed E-state index contributed by atoms with van der Waals surface area (Å²) in [5.74, 6) is 2.70. The molecule has 0 aliphatic carbocycles. The molecule has 2 heteroatoms. The van der Waals surface area contributed by atoms with Crippen molar-refractivity contribution in [1.29, 1.82) is 0 Å². The molecule has 2 nitrogen and oxygen atoms in total. The molecular formula is C9H14O2. The summed E-state index contributed by atoms with van der Waals surface area (Å²) >= 11 is 0. The average Bonchev–Trinajstić information content (AvgIpc) is 2.36. The zero-order valence-electron chi connectivity index (χ0n) is 6.79. The van der Waals surface area contributed by atoms with Crippen LogP contribution in [0.3, 0.4) is 0 Å². The van der Waals surface area contributed by atoms with E-state index in [1.807, 2.05) is 6.92 Å². The van der Waals surface area contributed by atoms with Gasteiger partial charge < -0.3 is 9.84 Å². The molecule has 3 atom stereocenters. The number of aliphatic hydroxyl groups excluding tert-OH is 1. The Labute approximate surface area is 67.6 Å². The SMILES string of the molecule is C#CCC(O)C1CCOC1C. The molecule has 11 heavy (non-hydrogen) atoms. The minimum atomic E-state index is -0.377. The molecule has 0 aromatic rings. The van der Waals surface area contributed by atoms with Gasteiger partial charge in [-0.3, -0.25) is 0 Å². The van der Waals surface area contributed by atoms with Gasteiger partial charge in [-0.15, -0.1) is 12.3 Å². The predicted octanol–water partition coefficient (Wildman–Crippen LogP) is 0.796. The lowest BCUT2D eigenvalue weighted by Crippen LogP contribution is -2.25. The van der Waals surface area contributed by atoms with Crippen molar-refractivity contribution in [1.82, 2.24) is 0 Å². The molecular weight excluding hydrogens is 140 g/mol. The molecule has 1 rings (SSSR count). The van der Waals surface area contributed by atoms with E-state index < -0.39 is 0 Å². The van der Waals surface area contributed by atoms with Crippen LogP contribution in [0.25, 0.3) is 0 Å². The first-order valence-corrected chi connectivity index (χ1v) is 3.99. The quantitative estimate of drug-likeness (QED) is 0.596. The maximum Gasteiger partial charge on any atom is 0.0702 e. The summed E-state index contributed by atoms with van der Waals surface area (Å²) in [7, 11) is 0. The van der Waals surface area contributed by atoms with Gasteiger partial charge in [0.25, 0.3) is 0 Å². The van der Waals surface area contributed by atoms with E-state index in [0.29, 0.717) is 6.42 Å². The van der Waals surface area contributed by atoms with Gasteiger partial charge in [0.1, 0.15) is 0 Å². The lowest BCUT2D eigenvalue weighted by molar-refractivity contribution is 0.0463. The second-order valence-electron chi connectivity index (χ2n) is 3.00. The van der Waals surface area contributed by atoms with Gasteiger partial charge in [-0.25, -0.2) is 0 Å². The van der Waals surface area contributed by atoms with E-state index in [0.717, 1.165) is 13.0 Å². The Bertz CT molecular complexity index is 159. The maximum atomic E-state index is 9.50. The lowest BCUT2D eigenvalue weighted by Gasteiger charge is -2.18. The molecule has 0 aromatic carbocycles. The van der Waals surface area contributed by atoms with Crippen molar-refractivity contribution in [2.75, 3.05) is 6.61 Å². The van der Waals surface area contributed by atoms with Crippen LogP contribution < -0.4 is 0 Å². The van der Waals surface area contributed by atoms with Gasteiger partial charge in [0.15, 0.2) is 0 Å². The van der Waals surface area contributed by atoms with Crippen LogP contribution in [0.4, 0.5) is 0 Å². The first-order valence-electron chi connectivity index (χ1n) is 3.99. The van der Waals surface area contributed by atoms with Gasteiger partial charge in [-0.2, -0.15) is 0 Å². The fourth-order valence-electron chi connectivity index (χ4n) is 1.53. The van der Waals surface area contributed by atoms with Gasteiger partial charge in [0.2, 0.25) is 0 Å². The number of rotatable bonds is 2. The first-order chi connectivity index (χ1) is 5.25. The summed E-state index contributed by atoms with van der Waals surface area (Å²) in [4.78, 5) is 0. The van der Waals surface area contributed by atoms with E-state index >= 15 is 0 Å². The molecule has 1 aliphatic rings. The molecule has 0 radical (unpaired) electrons. The molecule has 1 heterocycles. The second kappa shape index (κ2) is 3.75. The summed E-state index contributed by atoms with van der Waals surface area (Å²) in [6, 6.07) is 0. The molecule has 1 saturated heterocycles. The summed E-state index contributed by atoms with van der Waals surface area (Å²) in [6.07, 6.45) is 6.26. The molecule has 0 spiro atoms. The molecule has 0 amide bonds. The highest BCUT2D eigenvalue weighted by Crippen LogP contribution is 2.24. The second-order valence-corrected chi connectivity index (χ2v) is 3.00. The number of aliphatic hydroxyl groups is 1. The van der Waals surface area contributed by atoms with E-state index in [1.54, 1.807) is 0 Å². The number of ether oxygens (including phenoxy) is 1. The highest BCUT2D eigenvalue weighted by molar-refractivity contribution is 4.91. The Kier molecular flexibility index (Phi) is 2.92. The third kappa shape index (κ3) is 1.95. The zero-order chi connectivity index (χ0) is 8.27. The highest BCUT2D eigenvalue weighted by atomic mass is 16.5. The summed E-state index contributed by atoms with van der Waals surface area (Å²) in [6.45, 7) is 2.74. The van der Waals surface area contributed by atoms with Crippen LogP contribution in [0.1, 0.15) is 19.8 Å². The van der Waals surface area contributed by atoms with Crippen LogP contribution >= 0.6 is 0 Å². The van der Waals surface area contributed by atoms with E-state index in [2.05, 4.69) is 5.92 Å². The summed E-state index contributed by atoms with van der Waals surface area (Å²) in [5.41, 5.74) is 0. The van der Waals surface area contributed by atoms with Crippen LogP contribution in [0, 0.1) is 18.3 Å². The number of terminal acetylenes is 1. The normalized spacial score (nSPS) is 33.2. The van der Waals surface area contributed by atoms with Gasteiger partial charge in [-0.05, 0) is 13.3 Å². The third-order valence-electron chi connectivity index (χ3n) is 2.26. The van der Waals surface area contributed by atoms with E-state index in [4.69, 9.17) is 11.2 Å². The fourth-order valence-corrected chi connectivity index (χ4v) is 1.53. The van der Waals surface area contributed by atoms with Crippen LogP contribution in [0.5, 0.6) is 0 Å². The van der Waals surface area contributed by atoms with Crippen molar-refractivity contribution in [3.05, 3.63) is 0 Å². The van der Waals surface area contributed by atoms with Crippen LogP contribution in [0.2, 0.25) is 0 Å². The van der Waals surface area contributed by atoms with E-state index in [1.165, 1.54) is 0 Å². The Morgan fingerprint density at radius 2 is 2.55 bits per heavy atom. The standard InChI is InChI=1S/C9H14O2/c1-3-4-9(10)8-5-6-11-7(8)2/h1,7-10H,4-6H2,2H3. The molecule has 0 aromatic heterocycles. The van der Waals surface area contributed by atoms with Crippen molar-refractivity contribution in [3.63, 3.8) is 0 Å². The minimum Gasteiger partial charge on any atom is -0.392 e. The monoisotopic (exact) mass is 154 g/mol. The maximum absolute atomic E-state index is 9.50. The predicted molar refractivity (Wildman–Crippen MR) is 43.0 cm³/mol. The van der Waals surface area contributed by atoms with Crippen molar-refractivity contribution in [2.45, 2.75) is 32.0 Å². The summed E-state index contributed by atoms with van der Waals surface area (Å²) < 4.78 is 5.30. The van der Waals surface area contributed by atoms with Gasteiger partial charge in [-0.1, -0.05) is 0 Å². The zero-order valence-corrected chi connectivity index (χ0v) is 6.79. The Morgan fingerprint density at radius 1 is 1.82 bits per heavy atom. The largest absolute Gasteiger partial charge is 0.392 e. The highest BCUT2D eigenvalue weighted by Gasteiger charge is 2.29. The molecule has 1 aliphatic heterocycles. The Hall–Kier alpha value is -0.520. The topological polar surface area (TPSA) is 29.5 Å². The number of hydrogen-bond acceptors (Lipinski definition) is 2.